The van der Waals surface area contributed by atoms with Crippen molar-refractivity contribution in [3.05, 3.63) is 200 Å². The number of fused-ring (bicyclic) bond motifs is 1. The number of benzene rings is 8. The maximum atomic E-state index is 2.34. The molecular formula is C46H33N. The first kappa shape index (κ1) is 28.3. The quantitative estimate of drug-likeness (QED) is 0.176. The van der Waals surface area contributed by atoms with Crippen molar-refractivity contribution in [2.75, 3.05) is 4.90 Å². The zero-order valence-electron chi connectivity index (χ0n) is 26.0. The highest BCUT2D eigenvalue weighted by molar-refractivity contribution is 6.00. The van der Waals surface area contributed by atoms with E-state index in [0.29, 0.717) is 0 Å². The molecule has 0 heterocycles. The molecular weight excluding hydrogens is 567 g/mol. The number of rotatable bonds is 7. The van der Waals surface area contributed by atoms with Crippen molar-refractivity contribution in [3.63, 3.8) is 0 Å². The summed E-state index contributed by atoms with van der Waals surface area (Å²) < 4.78 is 0. The van der Waals surface area contributed by atoms with Crippen LogP contribution in [-0.4, -0.2) is 0 Å². The molecule has 0 saturated heterocycles. The maximum absolute atomic E-state index is 2.34. The van der Waals surface area contributed by atoms with Crippen LogP contribution in [0, 0.1) is 0 Å². The molecule has 0 unspecified atom stereocenters. The van der Waals surface area contributed by atoms with Gasteiger partial charge in [-0.15, -0.1) is 0 Å². The zero-order valence-corrected chi connectivity index (χ0v) is 26.0. The summed E-state index contributed by atoms with van der Waals surface area (Å²) in [6, 6.07) is 71.8. The predicted octanol–water partition coefficient (Wildman–Crippen LogP) is 13.0. The minimum Gasteiger partial charge on any atom is -0.311 e. The van der Waals surface area contributed by atoms with E-state index < -0.39 is 0 Å². The summed E-state index contributed by atoms with van der Waals surface area (Å²) in [5.74, 6) is 0. The third-order valence-electron chi connectivity index (χ3n) is 8.87. The summed E-state index contributed by atoms with van der Waals surface area (Å²) in [6.45, 7) is 0. The molecule has 0 atom stereocenters. The second-order valence-corrected chi connectivity index (χ2v) is 11.8. The van der Waals surface area contributed by atoms with Gasteiger partial charge in [0.2, 0.25) is 0 Å². The molecule has 8 rings (SSSR count). The molecule has 0 aliphatic rings. The van der Waals surface area contributed by atoms with Crippen molar-refractivity contribution in [2.45, 2.75) is 0 Å². The van der Waals surface area contributed by atoms with E-state index in [-0.39, 0.29) is 0 Å². The van der Waals surface area contributed by atoms with E-state index >= 15 is 0 Å². The number of anilines is 3. The second-order valence-electron chi connectivity index (χ2n) is 11.8. The van der Waals surface area contributed by atoms with Crippen LogP contribution >= 0.6 is 0 Å². The number of hydrogen-bond acceptors (Lipinski definition) is 1. The van der Waals surface area contributed by atoms with Crippen LogP contribution in [0.1, 0.15) is 0 Å². The highest BCUT2D eigenvalue weighted by Crippen LogP contribution is 2.39. The predicted molar refractivity (Wildman–Crippen MR) is 200 cm³/mol. The lowest BCUT2D eigenvalue weighted by atomic mass is 9.93. The van der Waals surface area contributed by atoms with E-state index in [1.54, 1.807) is 0 Å². The minimum atomic E-state index is 1.11. The summed E-state index contributed by atoms with van der Waals surface area (Å²) in [4.78, 5) is 2.34. The molecule has 0 N–H and O–H groups in total. The number of hydrogen-bond donors (Lipinski definition) is 0. The van der Waals surface area contributed by atoms with Gasteiger partial charge in [-0.2, -0.15) is 0 Å². The monoisotopic (exact) mass is 599 g/mol. The van der Waals surface area contributed by atoms with Crippen molar-refractivity contribution in [1.29, 1.82) is 0 Å². The lowest BCUT2D eigenvalue weighted by Crippen LogP contribution is -2.09. The molecule has 222 valence electrons. The Morgan fingerprint density at radius 1 is 0.255 bits per heavy atom. The Labute approximate surface area is 276 Å². The fraction of sp³-hybridized carbons (Fsp3) is 0. The number of nitrogens with zero attached hydrogens (tertiary/aromatic N) is 1. The molecule has 0 saturated carbocycles. The smallest absolute Gasteiger partial charge is 0.0462 e. The van der Waals surface area contributed by atoms with Gasteiger partial charge < -0.3 is 4.90 Å². The standard InChI is InChI=1S/C46H33N/c1-4-12-34(13-5-1)36-20-26-42(27-21-36)47(43-28-22-37(23-29-43)35-14-6-2-7-15-35)44-30-24-38(25-31-44)41-32-40-18-10-11-19-45(40)46(33-41)39-16-8-3-9-17-39/h1-33H. The van der Waals surface area contributed by atoms with Gasteiger partial charge in [0.1, 0.15) is 0 Å². The molecule has 0 spiro atoms. The molecule has 1 nitrogen and oxygen atoms in total. The first-order chi connectivity index (χ1) is 23.3. The van der Waals surface area contributed by atoms with Crippen molar-refractivity contribution < 1.29 is 0 Å². The summed E-state index contributed by atoms with van der Waals surface area (Å²) in [7, 11) is 0. The highest BCUT2D eigenvalue weighted by atomic mass is 15.1. The summed E-state index contributed by atoms with van der Waals surface area (Å²) >= 11 is 0. The zero-order chi connectivity index (χ0) is 31.4. The van der Waals surface area contributed by atoms with Crippen LogP contribution in [0.3, 0.4) is 0 Å². The topological polar surface area (TPSA) is 3.24 Å². The van der Waals surface area contributed by atoms with Gasteiger partial charge in [0.15, 0.2) is 0 Å². The van der Waals surface area contributed by atoms with Crippen LogP contribution in [0.25, 0.3) is 55.3 Å². The molecule has 0 bridgehead atoms. The molecule has 8 aromatic carbocycles. The molecule has 0 radical (unpaired) electrons. The largest absolute Gasteiger partial charge is 0.311 e. The van der Waals surface area contributed by atoms with Gasteiger partial charge in [-0.1, -0.05) is 152 Å². The van der Waals surface area contributed by atoms with Crippen molar-refractivity contribution >= 4 is 27.8 Å². The van der Waals surface area contributed by atoms with Crippen molar-refractivity contribution in [2.24, 2.45) is 0 Å². The molecule has 0 fully saturated rings. The molecule has 0 aliphatic carbocycles. The van der Waals surface area contributed by atoms with Crippen molar-refractivity contribution in [1.82, 2.24) is 0 Å². The van der Waals surface area contributed by atoms with Crippen LogP contribution < -0.4 is 4.90 Å². The van der Waals surface area contributed by atoms with E-state index in [2.05, 4.69) is 205 Å². The van der Waals surface area contributed by atoms with Gasteiger partial charge in [-0.05, 0) is 104 Å². The van der Waals surface area contributed by atoms with Crippen LogP contribution in [0.5, 0.6) is 0 Å². The normalized spacial score (nSPS) is 11.0. The first-order valence-corrected chi connectivity index (χ1v) is 16.1. The fourth-order valence-corrected chi connectivity index (χ4v) is 6.45. The SMILES string of the molecule is c1ccc(-c2ccc(N(c3ccc(-c4ccccc4)cc3)c3ccc(-c4cc(-c5ccccc5)c5ccccc5c4)cc3)cc2)cc1. The summed E-state index contributed by atoms with van der Waals surface area (Å²) in [5.41, 5.74) is 13.0. The molecule has 0 aliphatic heterocycles. The third-order valence-corrected chi connectivity index (χ3v) is 8.87. The lowest BCUT2D eigenvalue weighted by molar-refractivity contribution is 1.28. The van der Waals surface area contributed by atoms with Crippen LogP contribution in [0.15, 0.2) is 200 Å². The Kier molecular flexibility index (Phi) is 7.63. The Hall–Kier alpha value is -6.18. The van der Waals surface area contributed by atoms with Crippen LogP contribution in [0.4, 0.5) is 17.1 Å². The molecule has 8 aromatic rings. The van der Waals surface area contributed by atoms with E-state index in [1.165, 1.54) is 55.3 Å². The highest BCUT2D eigenvalue weighted by Gasteiger charge is 2.15. The molecule has 0 amide bonds. The van der Waals surface area contributed by atoms with Gasteiger partial charge in [0.05, 0.1) is 0 Å². The average molecular weight is 600 g/mol. The Balaban J connectivity index is 1.19. The fourth-order valence-electron chi connectivity index (χ4n) is 6.45. The Bertz CT molecular complexity index is 2150. The van der Waals surface area contributed by atoms with Gasteiger partial charge in [-0.3, -0.25) is 0 Å². The maximum Gasteiger partial charge on any atom is 0.0462 e. The minimum absolute atomic E-state index is 1.11. The van der Waals surface area contributed by atoms with E-state index in [9.17, 15) is 0 Å². The lowest BCUT2D eigenvalue weighted by Gasteiger charge is -2.26. The van der Waals surface area contributed by atoms with E-state index in [1.807, 2.05) is 0 Å². The van der Waals surface area contributed by atoms with E-state index in [4.69, 9.17) is 0 Å². The average Bonchev–Trinajstić information content (AvgIpc) is 3.16. The Morgan fingerprint density at radius 2 is 0.617 bits per heavy atom. The van der Waals surface area contributed by atoms with Crippen LogP contribution in [-0.2, 0) is 0 Å². The summed E-state index contributed by atoms with van der Waals surface area (Å²) in [5, 5.41) is 2.51. The molecule has 47 heavy (non-hydrogen) atoms. The second kappa shape index (κ2) is 12.7. The van der Waals surface area contributed by atoms with Gasteiger partial charge in [0, 0.05) is 17.1 Å². The summed E-state index contributed by atoms with van der Waals surface area (Å²) in [6.07, 6.45) is 0. The third kappa shape index (κ3) is 5.83. The first-order valence-electron chi connectivity index (χ1n) is 16.1. The van der Waals surface area contributed by atoms with Gasteiger partial charge in [-0.25, -0.2) is 0 Å². The van der Waals surface area contributed by atoms with Crippen molar-refractivity contribution in [3.8, 4) is 44.5 Å². The molecule has 0 aromatic heterocycles. The van der Waals surface area contributed by atoms with Crippen LogP contribution in [0.2, 0.25) is 0 Å². The van der Waals surface area contributed by atoms with Gasteiger partial charge >= 0.3 is 0 Å². The van der Waals surface area contributed by atoms with E-state index in [0.717, 1.165) is 17.1 Å². The van der Waals surface area contributed by atoms with Gasteiger partial charge in [0.25, 0.3) is 0 Å². The Morgan fingerprint density at radius 3 is 1.09 bits per heavy atom. The molecule has 1 heteroatoms.